The van der Waals surface area contributed by atoms with Crippen molar-refractivity contribution in [1.29, 1.82) is 0 Å². The number of nitrogens with one attached hydrogen (secondary N) is 1. The van der Waals surface area contributed by atoms with Crippen molar-refractivity contribution in [1.82, 2.24) is 5.32 Å². The van der Waals surface area contributed by atoms with Gasteiger partial charge in [-0.3, -0.25) is 4.79 Å². The Morgan fingerprint density at radius 3 is 2.15 bits per heavy atom. The number of ether oxygens (including phenoxy) is 1. The third-order valence-corrected chi connectivity index (χ3v) is 5.27. The topological polar surface area (TPSA) is 85.6 Å². The third kappa shape index (κ3) is 4.85. The molecule has 1 N–H and O–H groups in total. The molecule has 1 amide bonds. The number of hydrogen-bond donors (Lipinski definition) is 1. The highest BCUT2D eigenvalue weighted by molar-refractivity contribution is 6.07. The smallest absolute Gasteiger partial charge is 0.344 e. The lowest BCUT2D eigenvalue weighted by atomic mass is 9.97. The maximum absolute atomic E-state index is 13.4. The number of esters is 1. The molecule has 6 nitrogen and oxygen atoms in total. The van der Waals surface area contributed by atoms with Crippen LogP contribution in [-0.2, 0) is 16.0 Å². The molecule has 1 atom stereocenters. The molecular weight excluding hydrogens is 418 g/mol. The zero-order valence-electron chi connectivity index (χ0n) is 18.1. The highest BCUT2D eigenvalue weighted by atomic mass is 16.5. The van der Waals surface area contributed by atoms with Gasteiger partial charge < -0.3 is 14.5 Å². The summed E-state index contributed by atoms with van der Waals surface area (Å²) in [5.74, 6) is -1.36. The van der Waals surface area contributed by atoms with E-state index in [2.05, 4.69) is 5.32 Å². The Balaban J connectivity index is 1.78. The largest absolute Gasteiger partial charge is 0.464 e. The molecule has 0 bridgehead atoms. The van der Waals surface area contributed by atoms with Crippen LogP contribution in [0.25, 0.3) is 21.9 Å². The Labute approximate surface area is 190 Å². The number of hydrogen-bond acceptors (Lipinski definition) is 5. The molecule has 0 spiro atoms. The molecular formula is C27H23NO5. The van der Waals surface area contributed by atoms with Crippen LogP contribution in [-0.4, -0.2) is 24.5 Å². The highest BCUT2D eigenvalue weighted by Crippen LogP contribution is 2.30. The van der Waals surface area contributed by atoms with Gasteiger partial charge in [0.25, 0.3) is 5.91 Å². The molecule has 33 heavy (non-hydrogen) atoms. The van der Waals surface area contributed by atoms with Crippen LogP contribution >= 0.6 is 0 Å². The predicted molar refractivity (Wildman–Crippen MR) is 126 cm³/mol. The van der Waals surface area contributed by atoms with Crippen molar-refractivity contribution in [2.75, 3.05) is 6.61 Å². The molecule has 0 saturated carbocycles. The fraction of sp³-hybridized carbons (Fsp3) is 0.148. The van der Waals surface area contributed by atoms with Gasteiger partial charge in [0.05, 0.1) is 12.0 Å². The van der Waals surface area contributed by atoms with E-state index < -0.39 is 23.5 Å². The fourth-order valence-electron chi connectivity index (χ4n) is 3.76. The zero-order chi connectivity index (χ0) is 23.2. The summed E-state index contributed by atoms with van der Waals surface area (Å²) in [4.78, 5) is 38.7. The van der Waals surface area contributed by atoms with E-state index in [0.717, 1.165) is 11.1 Å². The Morgan fingerprint density at radius 1 is 0.879 bits per heavy atom. The molecule has 0 aliphatic rings. The highest BCUT2D eigenvalue weighted by Gasteiger charge is 2.27. The molecule has 4 aromatic rings. The van der Waals surface area contributed by atoms with E-state index in [1.165, 1.54) is 0 Å². The Morgan fingerprint density at radius 2 is 1.48 bits per heavy atom. The van der Waals surface area contributed by atoms with Crippen molar-refractivity contribution in [3.05, 3.63) is 107 Å². The summed E-state index contributed by atoms with van der Waals surface area (Å²) in [6.45, 7) is 1.88. The molecule has 6 heteroatoms. The van der Waals surface area contributed by atoms with Crippen LogP contribution in [0.2, 0.25) is 0 Å². The van der Waals surface area contributed by atoms with Crippen LogP contribution in [0.3, 0.4) is 0 Å². The first-order chi connectivity index (χ1) is 16.1. The van der Waals surface area contributed by atoms with E-state index in [9.17, 15) is 14.4 Å². The van der Waals surface area contributed by atoms with Gasteiger partial charge in [-0.2, -0.15) is 0 Å². The van der Waals surface area contributed by atoms with Gasteiger partial charge in [-0.25, -0.2) is 9.59 Å². The van der Waals surface area contributed by atoms with Gasteiger partial charge in [-0.1, -0.05) is 78.9 Å². The van der Waals surface area contributed by atoms with E-state index in [1.54, 1.807) is 31.2 Å². The summed E-state index contributed by atoms with van der Waals surface area (Å²) in [5.41, 5.74) is 1.45. The maximum atomic E-state index is 13.4. The summed E-state index contributed by atoms with van der Waals surface area (Å²) < 4.78 is 10.7. The van der Waals surface area contributed by atoms with Gasteiger partial charge in [0.15, 0.2) is 0 Å². The van der Waals surface area contributed by atoms with Crippen LogP contribution in [0.1, 0.15) is 23.0 Å². The molecule has 0 radical (unpaired) electrons. The molecule has 1 aromatic heterocycles. The summed E-state index contributed by atoms with van der Waals surface area (Å²) >= 11 is 0. The SMILES string of the molecule is CCOC(=O)C(Cc1ccccc1)NC(=O)c1oc(=O)c2ccccc2c1-c1ccccc1. The van der Waals surface area contributed by atoms with E-state index in [0.29, 0.717) is 16.3 Å². The number of amides is 1. The monoisotopic (exact) mass is 441 g/mol. The van der Waals surface area contributed by atoms with Crippen molar-refractivity contribution < 1.29 is 18.7 Å². The second-order valence-electron chi connectivity index (χ2n) is 7.47. The molecule has 4 rings (SSSR count). The lowest BCUT2D eigenvalue weighted by molar-refractivity contribution is -0.145. The summed E-state index contributed by atoms with van der Waals surface area (Å²) in [5, 5.41) is 3.69. The summed E-state index contributed by atoms with van der Waals surface area (Å²) in [7, 11) is 0. The van der Waals surface area contributed by atoms with Gasteiger partial charge in [0.2, 0.25) is 5.76 Å². The van der Waals surface area contributed by atoms with Gasteiger partial charge in [0.1, 0.15) is 6.04 Å². The molecule has 0 saturated heterocycles. The van der Waals surface area contributed by atoms with Crippen molar-refractivity contribution in [3.63, 3.8) is 0 Å². The van der Waals surface area contributed by atoms with Crippen molar-refractivity contribution in [2.24, 2.45) is 0 Å². The normalized spacial score (nSPS) is 11.7. The zero-order valence-corrected chi connectivity index (χ0v) is 18.1. The standard InChI is InChI=1S/C27H23NO5/c1-2-32-27(31)22(17-18-11-5-3-6-12-18)28-25(29)24-23(19-13-7-4-8-14-19)20-15-9-10-16-21(20)26(30)33-24/h3-16,22H,2,17H2,1H3,(H,28,29). The minimum atomic E-state index is -0.944. The predicted octanol–water partition coefficient (Wildman–Crippen LogP) is 4.36. The fourth-order valence-corrected chi connectivity index (χ4v) is 3.76. The molecule has 0 fully saturated rings. The average Bonchev–Trinajstić information content (AvgIpc) is 2.85. The first-order valence-electron chi connectivity index (χ1n) is 10.7. The van der Waals surface area contributed by atoms with E-state index >= 15 is 0 Å². The molecule has 3 aromatic carbocycles. The Kier molecular flexibility index (Phi) is 6.64. The second-order valence-corrected chi connectivity index (χ2v) is 7.47. The van der Waals surface area contributed by atoms with Crippen LogP contribution in [0.4, 0.5) is 0 Å². The van der Waals surface area contributed by atoms with Gasteiger partial charge >= 0.3 is 11.6 Å². The van der Waals surface area contributed by atoms with Gasteiger partial charge in [-0.05, 0) is 24.1 Å². The first kappa shape index (κ1) is 22.0. The van der Waals surface area contributed by atoms with Gasteiger partial charge in [-0.15, -0.1) is 0 Å². The summed E-state index contributed by atoms with van der Waals surface area (Å²) in [6, 6.07) is 24.6. The number of carbonyl (C=O) groups is 2. The van der Waals surface area contributed by atoms with Gasteiger partial charge in [0, 0.05) is 17.4 Å². The van der Waals surface area contributed by atoms with Crippen molar-refractivity contribution in [3.8, 4) is 11.1 Å². The quantitative estimate of drug-likeness (QED) is 0.431. The number of carbonyl (C=O) groups excluding carboxylic acids is 2. The van der Waals surface area contributed by atoms with Crippen LogP contribution in [0.5, 0.6) is 0 Å². The van der Waals surface area contributed by atoms with Crippen LogP contribution < -0.4 is 10.9 Å². The average molecular weight is 441 g/mol. The minimum Gasteiger partial charge on any atom is -0.464 e. The first-order valence-corrected chi connectivity index (χ1v) is 10.7. The number of rotatable bonds is 7. The maximum Gasteiger partial charge on any atom is 0.344 e. The second kappa shape index (κ2) is 9.96. The van der Waals surface area contributed by atoms with Crippen LogP contribution in [0.15, 0.2) is 94.1 Å². The number of fused-ring (bicyclic) bond motifs is 1. The molecule has 0 aliphatic carbocycles. The van der Waals surface area contributed by atoms with E-state index in [1.807, 2.05) is 60.7 Å². The molecule has 0 aliphatic heterocycles. The summed E-state index contributed by atoms with van der Waals surface area (Å²) in [6.07, 6.45) is 0.240. The molecule has 166 valence electrons. The third-order valence-electron chi connectivity index (χ3n) is 5.27. The molecule has 1 heterocycles. The van der Waals surface area contributed by atoms with Crippen molar-refractivity contribution in [2.45, 2.75) is 19.4 Å². The number of benzene rings is 3. The minimum absolute atomic E-state index is 0.146. The van der Waals surface area contributed by atoms with Crippen LogP contribution in [0, 0.1) is 0 Å². The lowest BCUT2D eigenvalue weighted by Crippen LogP contribution is -2.43. The molecule has 1 unspecified atom stereocenters. The van der Waals surface area contributed by atoms with Crippen molar-refractivity contribution >= 4 is 22.6 Å². The van der Waals surface area contributed by atoms with E-state index in [-0.39, 0.29) is 18.8 Å². The van der Waals surface area contributed by atoms with E-state index in [4.69, 9.17) is 9.15 Å². The Hall–Kier alpha value is -4.19. The Bertz CT molecular complexity index is 1330. The lowest BCUT2D eigenvalue weighted by Gasteiger charge is -2.18.